The lowest BCUT2D eigenvalue weighted by atomic mass is 10.2. The lowest BCUT2D eigenvalue weighted by molar-refractivity contribution is -0.116. The normalized spacial score (nSPS) is 9.56. The lowest BCUT2D eigenvalue weighted by Crippen LogP contribution is -2.22. The number of nitrogens with two attached hydrogens (primary N) is 2. The average molecular weight is 224 g/mol. The highest BCUT2D eigenvalue weighted by molar-refractivity contribution is 5.95. The molecule has 0 aliphatic rings. The van der Waals surface area contributed by atoms with Gasteiger partial charge in [-0.25, -0.2) is 9.78 Å². The fraction of sp³-hybridized carbons (Fsp3) is 0.222. The minimum atomic E-state index is -0.568. The quantitative estimate of drug-likeness (QED) is 0.584. The van der Waals surface area contributed by atoms with E-state index in [1.54, 1.807) is 0 Å². The Morgan fingerprint density at radius 2 is 2.25 bits per heavy atom. The molecule has 0 saturated carbocycles. The molecule has 7 heteroatoms. The number of hydrogen-bond donors (Lipinski definition) is 3. The zero-order valence-electron chi connectivity index (χ0n) is 8.69. The molecule has 1 aromatic heterocycles. The van der Waals surface area contributed by atoms with E-state index in [-0.39, 0.29) is 17.8 Å². The third kappa shape index (κ3) is 2.84. The van der Waals surface area contributed by atoms with Crippen molar-refractivity contribution in [2.75, 3.05) is 24.7 Å². The molecule has 0 fully saturated rings. The summed E-state index contributed by atoms with van der Waals surface area (Å²) in [5.74, 6) is -0.770. The van der Waals surface area contributed by atoms with Gasteiger partial charge in [0.1, 0.15) is 5.82 Å². The predicted octanol–water partition coefficient (Wildman–Crippen LogP) is -0.652. The first-order valence-corrected chi connectivity index (χ1v) is 4.40. The van der Waals surface area contributed by atoms with Crippen LogP contribution in [-0.4, -0.2) is 30.5 Å². The number of pyridine rings is 1. The fourth-order valence-corrected chi connectivity index (χ4v) is 1.03. The van der Waals surface area contributed by atoms with Crippen LogP contribution in [0.25, 0.3) is 0 Å². The molecule has 0 atom stereocenters. The molecule has 0 aliphatic carbocycles. The molecule has 1 aromatic rings. The van der Waals surface area contributed by atoms with Crippen molar-refractivity contribution in [2.24, 2.45) is 5.73 Å². The largest absolute Gasteiger partial charge is 0.465 e. The predicted molar refractivity (Wildman–Crippen MR) is 57.7 cm³/mol. The maximum atomic E-state index is 11.3. The Hall–Kier alpha value is -2.31. The van der Waals surface area contributed by atoms with E-state index < -0.39 is 11.9 Å². The lowest BCUT2D eigenvalue weighted by Gasteiger charge is -2.07. The van der Waals surface area contributed by atoms with Crippen molar-refractivity contribution in [1.82, 2.24) is 4.98 Å². The molecule has 0 aromatic carbocycles. The Morgan fingerprint density at radius 3 is 2.81 bits per heavy atom. The van der Waals surface area contributed by atoms with E-state index in [0.29, 0.717) is 5.82 Å². The number of nitrogen functional groups attached to an aromatic ring is 1. The van der Waals surface area contributed by atoms with E-state index in [4.69, 9.17) is 11.5 Å². The number of carbonyl (C=O) groups is 2. The highest BCUT2D eigenvalue weighted by Crippen LogP contribution is 2.15. The van der Waals surface area contributed by atoms with Crippen LogP contribution >= 0.6 is 0 Å². The van der Waals surface area contributed by atoms with Crippen molar-refractivity contribution in [3.05, 3.63) is 17.8 Å². The molecule has 86 valence electrons. The monoisotopic (exact) mass is 224 g/mol. The van der Waals surface area contributed by atoms with Crippen LogP contribution in [-0.2, 0) is 9.53 Å². The van der Waals surface area contributed by atoms with Crippen LogP contribution in [0.4, 0.5) is 11.5 Å². The second-order valence-electron chi connectivity index (χ2n) is 2.97. The van der Waals surface area contributed by atoms with Gasteiger partial charge < -0.3 is 21.5 Å². The van der Waals surface area contributed by atoms with Gasteiger partial charge in [-0.3, -0.25) is 4.79 Å². The fourth-order valence-electron chi connectivity index (χ4n) is 1.03. The van der Waals surface area contributed by atoms with Gasteiger partial charge in [0, 0.05) is 0 Å². The molecule has 1 amide bonds. The van der Waals surface area contributed by atoms with Crippen molar-refractivity contribution in [3.8, 4) is 0 Å². The Morgan fingerprint density at radius 1 is 1.56 bits per heavy atom. The van der Waals surface area contributed by atoms with Crippen LogP contribution in [0.2, 0.25) is 0 Å². The molecule has 1 heterocycles. The zero-order valence-corrected chi connectivity index (χ0v) is 8.69. The minimum Gasteiger partial charge on any atom is -0.465 e. The number of esters is 1. The van der Waals surface area contributed by atoms with Gasteiger partial charge in [0.25, 0.3) is 0 Å². The Bertz CT molecular complexity index is 419. The highest BCUT2D eigenvalue weighted by atomic mass is 16.5. The van der Waals surface area contributed by atoms with E-state index in [1.165, 1.54) is 19.4 Å². The van der Waals surface area contributed by atoms with E-state index in [2.05, 4.69) is 15.0 Å². The van der Waals surface area contributed by atoms with Crippen LogP contribution in [0.1, 0.15) is 10.4 Å². The number of rotatable bonds is 4. The number of aromatic nitrogens is 1. The summed E-state index contributed by atoms with van der Waals surface area (Å²) in [4.78, 5) is 25.7. The van der Waals surface area contributed by atoms with E-state index in [1.807, 2.05) is 0 Å². The Kier molecular flexibility index (Phi) is 3.65. The first-order chi connectivity index (χ1) is 7.54. The molecule has 5 N–H and O–H groups in total. The number of carbonyl (C=O) groups excluding carboxylic acids is 2. The number of nitrogens with zero attached hydrogens (tertiary/aromatic N) is 1. The third-order valence-corrected chi connectivity index (χ3v) is 1.78. The van der Waals surface area contributed by atoms with Gasteiger partial charge in [-0.1, -0.05) is 0 Å². The first kappa shape index (κ1) is 11.8. The summed E-state index contributed by atoms with van der Waals surface area (Å²) < 4.78 is 4.53. The first-order valence-electron chi connectivity index (χ1n) is 4.40. The SMILES string of the molecule is COC(=O)c1cc(NCC(N)=O)ncc1N. The maximum absolute atomic E-state index is 11.3. The number of methoxy groups -OCH3 is 1. The number of amides is 1. The number of hydrogen-bond acceptors (Lipinski definition) is 6. The number of nitrogens with one attached hydrogen (secondary N) is 1. The van der Waals surface area contributed by atoms with Gasteiger partial charge >= 0.3 is 5.97 Å². The molecule has 0 radical (unpaired) electrons. The van der Waals surface area contributed by atoms with Gasteiger partial charge in [-0.2, -0.15) is 0 Å². The van der Waals surface area contributed by atoms with Crippen LogP contribution in [0.3, 0.4) is 0 Å². The van der Waals surface area contributed by atoms with E-state index in [0.717, 1.165) is 0 Å². The summed E-state index contributed by atoms with van der Waals surface area (Å²) in [5, 5.41) is 2.64. The molecule has 0 bridgehead atoms. The van der Waals surface area contributed by atoms with Crippen LogP contribution < -0.4 is 16.8 Å². The van der Waals surface area contributed by atoms with Gasteiger partial charge in [-0.05, 0) is 6.07 Å². The van der Waals surface area contributed by atoms with Crippen molar-refractivity contribution >= 4 is 23.4 Å². The molecule has 16 heavy (non-hydrogen) atoms. The van der Waals surface area contributed by atoms with Gasteiger partial charge in [0.2, 0.25) is 5.91 Å². The van der Waals surface area contributed by atoms with Gasteiger partial charge in [0.15, 0.2) is 0 Å². The molecular formula is C9H12N4O3. The summed E-state index contributed by atoms with van der Waals surface area (Å²) >= 11 is 0. The molecule has 0 unspecified atom stereocenters. The molecule has 7 nitrogen and oxygen atoms in total. The van der Waals surface area contributed by atoms with Crippen molar-refractivity contribution < 1.29 is 14.3 Å². The van der Waals surface area contributed by atoms with Crippen LogP contribution in [0, 0.1) is 0 Å². The minimum absolute atomic E-state index is 0.0719. The molecule has 1 rings (SSSR count). The second kappa shape index (κ2) is 4.96. The maximum Gasteiger partial charge on any atom is 0.340 e. The van der Waals surface area contributed by atoms with Gasteiger partial charge in [0.05, 0.1) is 31.1 Å². The standard InChI is InChI=1S/C9H12N4O3/c1-16-9(15)5-2-8(12-3-6(5)10)13-4-7(11)14/h2-3H,4,10H2,1H3,(H2,11,14)(H,12,13). The van der Waals surface area contributed by atoms with Gasteiger partial charge in [-0.15, -0.1) is 0 Å². The van der Waals surface area contributed by atoms with Crippen LogP contribution in [0.15, 0.2) is 12.3 Å². The summed E-state index contributed by atoms with van der Waals surface area (Å²) in [7, 11) is 1.25. The smallest absolute Gasteiger partial charge is 0.340 e. The number of anilines is 2. The molecular weight excluding hydrogens is 212 g/mol. The van der Waals surface area contributed by atoms with E-state index >= 15 is 0 Å². The third-order valence-electron chi connectivity index (χ3n) is 1.78. The van der Waals surface area contributed by atoms with Crippen molar-refractivity contribution in [2.45, 2.75) is 0 Å². The van der Waals surface area contributed by atoms with E-state index in [9.17, 15) is 9.59 Å². The summed E-state index contributed by atoms with van der Waals surface area (Å²) in [6.45, 7) is -0.0719. The topological polar surface area (TPSA) is 120 Å². The number of primary amides is 1. The summed E-state index contributed by atoms with van der Waals surface area (Å²) in [6.07, 6.45) is 1.30. The average Bonchev–Trinajstić information content (AvgIpc) is 2.27. The Balaban J connectivity index is 2.89. The van der Waals surface area contributed by atoms with Crippen LogP contribution in [0.5, 0.6) is 0 Å². The second-order valence-corrected chi connectivity index (χ2v) is 2.97. The summed E-state index contributed by atoms with van der Waals surface area (Å²) in [5.41, 5.74) is 10.9. The number of ether oxygens (including phenoxy) is 1. The molecule has 0 saturated heterocycles. The Labute approximate surface area is 91.8 Å². The summed E-state index contributed by atoms with van der Waals surface area (Å²) in [6, 6.07) is 1.39. The molecule has 0 spiro atoms. The van der Waals surface area contributed by atoms with Crippen molar-refractivity contribution in [1.29, 1.82) is 0 Å². The van der Waals surface area contributed by atoms with Crippen molar-refractivity contribution in [3.63, 3.8) is 0 Å². The highest BCUT2D eigenvalue weighted by Gasteiger charge is 2.11. The molecule has 0 aliphatic heterocycles. The zero-order chi connectivity index (χ0) is 12.1.